The molecule has 0 saturated carbocycles. The number of nitrogens with one attached hydrogen (secondary N) is 1. The van der Waals surface area contributed by atoms with Crippen LogP contribution >= 0.6 is 0 Å². The maximum Gasteiger partial charge on any atom is 0.243 e. The maximum atomic E-state index is 12.7. The SMILES string of the molecule is CCOc1ccc(/C=N/NC(=O)CCc2ccc(S(=O)(=O)N3CCOCC3)cc2)cc1OC. The summed E-state index contributed by atoms with van der Waals surface area (Å²) in [6, 6.07) is 12.0. The monoisotopic (exact) mass is 475 g/mol. The van der Waals surface area contributed by atoms with Gasteiger partial charge >= 0.3 is 0 Å². The van der Waals surface area contributed by atoms with E-state index in [9.17, 15) is 13.2 Å². The molecule has 178 valence electrons. The first-order chi connectivity index (χ1) is 15.9. The van der Waals surface area contributed by atoms with Gasteiger partial charge in [0.15, 0.2) is 11.5 Å². The Morgan fingerprint density at radius 3 is 2.55 bits per heavy atom. The lowest BCUT2D eigenvalue weighted by atomic mass is 10.1. The number of carbonyl (C=O) groups is 1. The first-order valence-electron chi connectivity index (χ1n) is 10.7. The van der Waals surface area contributed by atoms with Crippen LogP contribution in [0.2, 0.25) is 0 Å². The van der Waals surface area contributed by atoms with E-state index in [2.05, 4.69) is 10.5 Å². The van der Waals surface area contributed by atoms with Crippen LogP contribution in [-0.2, 0) is 26.0 Å². The standard InChI is InChI=1S/C23H29N3O6S/c1-3-32-21-10-6-19(16-22(21)30-2)17-24-25-23(27)11-7-18-4-8-20(9-5-18)33(28,29)26-12-14-31-15-13-26/h4-6,8-10,16-17H,3,7,11-15H2,1-2H3,(H,25,27)/b24-17+. The number of carbonyl (C=O) groups excluding carboxylic acids is 1. The lowest BCUT2D eigenvalue weighted by Crippen LogP contribution is -2.40. The number of aryl methyl sites for hydroxylation is 1. The molecule has 0 radical (unpaired) electrons. The second kappa shape index (κ2) is 11.8. The molecule has 1 amide bonds. The smallest absolute Gasteiger partial charge is 0.243 e. The quantitative estimate of drug-likeness (QED) is 0.417. The van der Waals surface area contributed by atoms with Gasteiger partial charge in [-0.15, -0.1) is 0 Å². The van der Waals surface area contributed by atoms with E-state index >= 15 is 0 Å². The van der Waals surface area contributed by atoms with Crippen molar-refractivity contribution in [3.05, 3.63) is 53.6 Å². The molecule has 10 heteroatoms. The minimum atomic E-state index is -3.52. The van der Waals surface area contributed by atoms with E-state index in [0.717, 1.165) is 11.1 Å². The summed E-state index contributed by atoms with van der Waals surface area (Å²) in [5, 5.41) is 3.99. The molecule has 1 aliphatic rings. The summed E-state index contributed by atoms with van der Waals surface area (Å²) in [6.07, 6.45) is 2.22. The van der Waals surface area contributed by atoms with E-state index in [1.165, 1.54) is 10.5 Å². The Bertz CT molecular complexity index is 1060. The van der Waals surface area contributed by atoms with Crippen molar-refractivity contribution in [1.82, 2.24) is 9.73 Å². The van der Waals surface area contributed by atoms with Crippen molar-refractivity contribution >= 4 is 22.1 Å². The van der Waals surface area contributed by atoms with Crippen LogP contribution in [0.1, 0.15) is 24.5 Å². The van der Waals surface area contributed by atoms with Crippen molar-refractivity contribution in [2.75, 3.05) is 40.0 Å². The predicted molar refractivity (Wildman–Crippen MR) is 124 cm³/mol. The topological polar surface area (TPSA) is 107 Å². The molecule has 33 heavy (non-hydrogen) atoms. The second-order valence-electron chi connectivity index (χ2n) is 7.30. The highest BCUT2D eigenvalue weighted by molar-refractivity contribution is 7.89. The average Bonchev–Trinajstić information content (AvgIpc) is 2.84. The predicted octanol–water partition coefficient (Wildman–Crippen LogP) is 2.20. The number of hydrogen-bond donors (Lipinski definition) is 1. The highest BCUT2D eigenvalue weighted by Crippen LogP contribution is 2.27. The van der Waals surface area contributed by atoms with Crippen molar-refractivity contribution < 1.29 is 27.4 Å². The number of amides is 1. The summed E-state index contributed by atoms with van der Waals surface area (Å²) in [5.41, 5.74) is 4.13. The summed E-state index contributed by atoms with van der Waals surface area (Å²) in [5.74, 6) is 0.991. The van der Waals surface area contributed by atoms with E-state index in [0.29, 0.717) is 50.8 Å². The average molecular weight is 476 g/mol. The van der Waals surface area contributed by atoms with Gasteiger partial charge in [-0.3, -0.25) is 4.79 Å². The van der Waals surface area contributed by atoms with Gasteiger partial charge in [-0.05, 0) is 54.8 Å². The molecule has 1 aliphatic heterocycles. The van der Waals surface area contributed by atoms with Gasteiger partial charge in [0, 0.05) is 19.5 Å². The van der Waals surface area contributed by atoms with Crippen LogP contribution in [0, 0.1) is 0 Å². The van der Waals surface area contributed by atoms with Gasteiger partial charge in [-0.2, -0.15) is 9.41 Å². The molecule has 2 aromatic rings. The third-order valence-electron chi connectivity index (χ3n) is 5.06. The van der Waals surface area contributed by atoms with Crippen molar-refractivity contribution in [3.63, 3.8) is 0 Å². The van der Waals surface area contributed by atoms with Crippen molar-refractivity contribution in [1.29, 1.82) is 0 Å². The minimum absolute atomic E-state index is 0.222. The van der Waals surface area contributed by atoms with E-state index in [1.54, 1.807) is 43.5 Å². The fourth-order valence-corrected chi connectivity index (χ4v) is 4.70. The summed E-state index contributed by atoms with van der Waals surface area (Å²) in [4.78, 5) is 12.4. The largest absolute Gasteiger partial charge is 0.493 e. The first-order valence-corrected chi connectivity index (χ1v) is 12.2. The number of sulfonamides is 1. The van der Waals surface area contributed by atoms with Gasteiger partial charge in [0.2, 0.25) is 15.9 Å². The Kier molecular flexibility index (Phi) is 8.81. The summed E-state index contributed by atoms with van der Waals surface area (Å²) in [7, 11) is -1.96. The number of ether oxygens (including phenoxy) is 3. The fourth-order valence-electron chi connectivity index (χ4n) is 3.30. The summed E-state index contributed by atoms with van der Waals surface area (Å²) < 4.78 is 42.8. The molecule has 2 aromatic carbocycles. The molecule has 3 rings (SSSR count). The van der Waals surface area contributed by atoms with E-state index in [-0.39, 0.29) is 17.2 Å². The Balaban J connectivity index is 1.50. The van der Waals surface area contributed by atoms with Crippen LogP contribution in [0.3, 0.4) is 0 Å². The molecule has 1 N–H and O–H groups in total. The number of hydrazone groups is 1. The van der Waals surface area contributed by atoms with Gasteiger partial charge in [-0.25, -0.2) is 13.8 Å². The molecule has 0 bridgehead atoms. The van der Waals surface area contributed by atoms with Crippen molar-refractivity contribution in [2.24, 2.45) is 5.10 Å². The second-order valence-corrected chi connectivity index (χ2v) is 9.23. The Morgan fingerprint density at radius 2 is 1.88 bits per heavy atom. The number of methoxy groups -OCH3 is 1. The van der Waals surface area contributed by atoms with Crippen molar-refractivity contribution in [3.8, 4) is 11.5 Å². The zero-order valence-electron chi connectivity index (χ0n) is 18.8. The van der Waals surface area contributed by atoms with Crippen molar-refractivity contribution in [2.45, 2.75) is 24.7 Å². The molecule has 0 spiro atoms. The minimum Gasteiger partial charge on any atom is -0.493 e. The van der Waals surface area contributed by atoms with Gasteiger partial charge in [0.25, 0.3) is 0 Å². The normalized spacial score (nSPS) is 14.8. The first kappa shape index (κ1) is 24.7. The molecule has 9 nitrogen and oxygen atoms in total. The Morgan fingerprint density at radius 1 is 1.15 bits per heavy atom. The van der Waals surface area contributed by atoms with Crippen LogP contribution in [0.25, 0.3) is 0 Å². The van der Waals surface area contributed by atoms with E-state index < -0.39 is 10.0 Å². The fraction of sp³-hybridized carbons (Fsp3) is 0.391. The van der Waals surface area contributed by atoms with Crippen LogP contribution < -0.4 is 14.9 Å². The number of benzene rings is 2. The zero-order valence-corrected chi connectivity index (χ0v) is 19.6. The molecule has 0 unspecified atom stereocenters. The number of morpholine rings is 1. The van der Waals surface area contributed by atoms with Gasteiger partial charge in [-0.1, -0.05) is 12.1 Å². The Hall–Kier alpha value is -2.95. The maximum absolute atomic E-state index is 12.7. The van der Waals surface area contributed by atoms with Crippen LogP contribution in [0.15, 0.2) is 52.5 Å². The molecule has 1 saturated heterocycles. The van der Waals surface area contributed by atoms with Crippen LogP contribution in [0.5, 0.6) is 11.5 Å². The third kappa shape index (κ3) is 6.77. The number of nitrogens with zero attached hydrogens (tertiary/aromatic N) is 2. The third-order valence-corrected chi connectivity index (χ3v) is 6.98. The Labute approximate surface area is 194 Å². The van der Waals surface area contributed by atoms with Gasteiger partial charge < -0.3 is 14.2 Å². The number of rotatable bonds is 10. The highest BCUT2D eigenvalue weighted by atomic mass is 32.2. The zero-order chi connectivity index (χ0) is 23.7. The lowest BCUT2D eigenvalue weighted by Gasteiger charge is -2.26. The highest BCUT2D eigenvalue weighted by Gasteiger charge is 2.26. The van der Waals surface area contributed by atoms with Crippen LogP contribution in [0.4, 0.5) is 0 Å². The van der Waals surface area contributed by atoms with Crippen LogP contribution in [-0.4, -0.2) is 64.9 Å². The van der Waals surface area contributed by atoms with Gasteiger partial charge in [0.05, 0.1) is 38.0 Å². The molecule has 1 heterocycles. The lowest BCUT2D eigenvalue weighted by molar-refractivity contribution is -0.121. The number of hydrogen-bond acceptors (Lipinski definition) is 7. The molecule has 0 atom stereocenters. The molecule has 0 aliphatic carbocycles. The summed E-state index contributed by atoms with van der Waals surface area (Å²) >= 11 is 0. The molecular weight excluding hydrogens is 446 g/mol. The van der Waals surface area contributed by atoms with E-state index in [1.807, 2.05) is 13.0 Å². The molecule has 0 aromatic heterocycles. The van der Waals surface area contributed by atoms with E-state index in [4.69, 9.17) is 14.2 Å². The van der Waals surface area contributed by atoms with Gasteiger partial charge in [0.1, 0.15) is 0 Å². The molecule has 1 fully saturated rings. The summed E-state index contributed by atoms with van der Waals surface area (Å²) in [6.45, 7) is 3.95. The molecular formula is C23H29N3O6S.